The summed E-state index contributed by atoms with van der Waals surface area (Å²) in [6.07, 6.45) is 1.66. The molecule has 1 heterocycles. The van der Waals surface area contributed by atoms with Gasteiger partial charge in [0.05, 0.1) is 5.92 Å². The van der Waals surface area contributed by atoms with Crippen LogP contribution in [0.2, 0.25) is 5.02 Å². The lowest BCUT2D eigenvalue weighted by atomic mass is 10.0. The van der Waals surface area contributed by atoms with Crippen LogP contribution in [0.25, 0.3) is 0 Å². The molecule has 2 aromatic rings. The zero-order chi connectivity index (χ0) is 12.3. The molecule has 0 fully saturated rings. The van der Waals surface area contributed by atoms with Gasteiger partial charge in [0.25, 0.3) is 0 Å². The Morgan fingerprint density at radius 3 is 2.71 bits per heavy atom. The maximum atomic E-state index is 11.9. The maximum absolute atomic E-state index is 11.9. The van der Waals surface area contributed by atoms with Crippen LogP contribution in [0.3, 0.4) is 0 Å². The molecule has 0 aliphatic rings. The maximum Gasteiger partial charge on any atom is 0.233 e. The van der Waals surface area contributed by atoms with Gasteiger partial charge in [-0.1, -0.05) is 23.7 Å². The molecule has 0 unspecified atom stereocenters. The number of aromatic nitrogens is 1. The summed E-state index contributed by atoms with van der Waals surface area (Å²) in [6, 6.07) is 7.27. The van der Waals surface area contributed by atoms with E-state index in [9.17, 15) is 4.79 Å². The summed E-state index contributed by atoms with van der Waals surface area (Å²) in [5.74, 6) is -0.293. The quantitative estimate of drug-likeness (QED) is 0.923. The third-order valence-electron chi connectivity index (χ3n) is 2.43. The van der Waals surface area contributed by atoms with Gasteiger partial charge in [0.1, 0.15) is 0 Å². The molecule has 0 saturated heterocycles. The Hall–Kier alpha value is -1.39. The number of amides is 1. The van der Waals surface area contributed by atoms with Crippen LogP contribution in [0.4, 0.5) is 5.13 Å². The van der Waals surface area contributed by atoms with Crippen molar-refractivity contribution < 1.29 is 4.79 Å². The van der Waals surface area contributed by atoms with Crippen molar-refractivity contribution in [3.05, 3.63) is 46.4 Å². The number of carbonyl (C=O) groups is 1. The van der Waals surface area contributed by atoms with Crippen LogP contribution in [0, 0.1) is 0 Å². The monoisotopic (exact) mass is 266 g/mol. The fourth-order valence-corrected chi connectivity index (χ4v) is 2.06. The first-order chi connectivity index (χ1) is 8.16. The molecule has 0 aliphatic heterocycles. The first-order valence-corrected chi connectivity index (χ1v) is 6.38. The highest BCUT2D eigenvalue weighted by atomic mass is 35.5. The molecule has 17 heavy (non-hydrogen) atoms. The first-order valence-electron chi connectivity index (χ1n) is 5.12. The minimum absolute atomic E-state index is 0.0673. The van der Waals surface area contributed by atoms with Gasteiger partial charge in [0.15, 0.2) is 5.13 Å². The minimum Gasteiger partial charge on any atom is -0.301 e. The number of halogens is 1. The van der Waals surface area contributed by atoms with E-state index in [0.29, 0.717) is 10.2 Å². The second kappa shape index (κ2) is 5.29. The normalized spacial score (nSPS) is 12.1. The fourth-order valence-electron chi connectivity index (χ4n) is 1.40. The van der Waals surface area contributed by atoms with Crippen molar-refractivity contribution in [2.24, 2.45) is 0 Å². The van der Waals surface area contributed by atoms with Crippen LogP contribution in [-0.2, 0) is 4.79 Å². The summed E-state index contributed by atoms with van der Waals surface area (Å²) in [7, 11) is 0. The van der Waals surface area contributed by atoms with Crippen LogP contribution in [-0.4, -0.2) is 10.9 Å². The molecule has 0 radical (unpaired) electrons. The Labute approximate surface area is 108 Å². The average molecular weight is 267 g/mol. The van der Waals surface area contributed by atoms with Crippen molar-refractivity contribution in [2.45, 2.75) is 12.8 Å². The fraction of sp³-hybridized carbons (Fsp3) is 0.167. The van der Waals surface area contributed by atoms with Crippen LogP contribution in [0.1, 0.15) is 18.4 Å². The van der Waals surface area contributed by atoms with Crippen LogP contribution in [0.15, 0.2) is 35.8 Å². The SMILES string of the molecule is C[C@H](C(=O)Nc1nccs1)c1ccc(Cl)cc1. The Balaban J connectivity index is 2.07. The predicted octanol–water partition coefficient (Wildman–Crippen LogP) is 3.54. The highest BCUT2D eigenvalue weighted by Gasteiger charge is 2.15. The van der Waals surface area contributed by atoms with E-state index >= 15 is 0 Å². The minimum atomic E-state index is -0.226. The molecule has 1 aromatic carbocycles. The van der Waals surface area contributed by atoms with Gasteiger partial charge >= 0.3 is 0 Å². The summed E-state index contributed by atoms with van der Waals surface area (Å²) in [5.41, 5.74) is 0.934. The molecule has 0 saturated carbocycles. The van der Waals surface area contributed by atoms with Gasteiger partial charge in [-0.2, -0.15) is 0 Å². The van der Waals surface area contributed by atoms with Crippen LogP contribution in [0.5, 0.6) is 0 Å². The number of hydrogen-bond donors (Lipinski definition) is 1. The molecular weight excluding hydrogens is 256 g/mol. The number of benzene rings is 1. The van der Waals surface area contributed by atoms with Gasteiger partial charge in [0.2, 0.25) is 5.91 Å². The molecule has 0 aliphatic carbocycles. The van der Waals surface area contributed by atoms with E-state index in [-0.39, 0.29) is 11.8 Å². The number of rotatable bonds is 3. The van der Waals surface area contributed by atoms with Crippen molar-refractivity contribution in [3.63, 3.8) is 0 Å². The molecule has 1 aromatic heterocycles. The number of thiazole rings is 1. The van der Waals surface area contributed by atoms with Crippen LogP contribution < -0.4 is 5.32 Å². The lowest BCUT2D eigenvalue weighted by Gasteiger charge is -2.10. The summed E-state index contributed by atoms with van der Waals surface area (Å²) in [4.78, 5) is 15.9. The zero-order valence-corrected chi connectivity index (χ0v) is 10.8. The summed E-state index contributed by atoms with van der Waals surface area (Å²) in [5, 5.41) is 5.88. The Morgan fingerprint density at radius 1 is 1.41 bits per heavy atom. The second-order valence-electron chi connectivity index (χ2n) is 3.60. The molecular formula is C12H11ClN2OS. The number of nitrogens with one attached hydrogen (secondary N) is 1. The van der Waals surface area contributed by atoms with Gasteiger partial charge in [0, 0.05) is 16.6 Å². The van der Waals surface area contributed by atoms with Gasteiger partial charge in [-0.3, -0.25) is 4.79 Å². The Kier molecular flexibility index (Phi) is 3.76. The topological polar surface area (TPSA) is 42.0 Å². The predicted molar refractivity (Wildman–Crippen MR) is 70.6 cm³/mol. The molecule has 1 atom stereocenters. The first kappa shape index (κ1) is 12.1. The zero-order valence-electron chi connectivity index (χ0n) is 9.18. The molecule has 2 rings (SSSR count). The van der Waals surface area contributed by atoms with E-state index in [2.05, 4.69) is 10.3 Å². The Morgan fingerprint density at radius 2 is 2.12 bits per heavy atom. The third-order valence-corrected chi connectivity index (χ3v) is 3.37. The van der Waals surface area contributed by atoms with Gasteiger partial charge in [-0.25, -0.2) is 4.98 Å². The Bertz CT molecular complexity index is 496. The molecule has 0 spiro atoms. The lowest BCUT2D eigenvalue weighted by Crippen LogP contribution is -2.18. The van der Waals surface area contributed by atoms with E-state index < -0.39 is 0 Å². The van der Waals surface area contributed by atoms with Gasteiger partial charge in [-0.05, 0) is 24.6 Å². The largest absolute Gasteiger partial charge is 0.301 e. The lowest BCUT2D eigenvalue weighted by molar-refractivity contribution is -0.117. The number of hydrogen-bond acceptors (Lipinski definition) is 3. The second-order valence-corrected chi connectivity index (χ2v) is 4.93. The van der Waals surface area contributed by atoms with E-state index in [0.717, 1.165) is 5.56 Å². The van der Waals surface area contributed by atoms with E-state index in [1.807, 2.05) is 24.4 Å². The highest BCUT2D eigenvalue weighted by Crippen LogP contribution is 2.20. The van der Waals surface area contributed by atoms with E-state index in [1.165, 1.54) is 11.3 Å². The molecule has 1 amide bonds. The van der Waals surface area contributed by atoms with E-state index in [1.54, 1.807) is 18.3 Å². The number of carbonyl (C=O) groups excluding carboxylic acids is 1. The van der Waals surface area contributed by atoms with Crippen molar-refractivity contribution in [1.82, 2.24) is 4.98 Å². The average Bonchev–Trinajstić information content (AvgIpc) is 2.82. The molecule has 5 heteroatoms. The number of anilines is 1. The van der Waals surface area contributed by atoms with Gasteiger partial charge in [-0.15, -0.1) is 11.3 Å². The van der Waals surface area contributed by atoms with Crippen molar-refractivity contribution in [1.29, 1.82) is 0 Å². The van der Waals surface area contributed by atoms with Crippen molar-refractivity contribution in [3.8, 4) is 0 Å². The summed E-state index contributed by atoms with van der Waals surface area (Å²) >= 11 is 7.20. The number of nitrogens with zero attached hydrogens (tertiary/aromatic N) is 1. The summed E-state index contributed by atoms with van der Waals surface area (Å²) in [6.45, 7) is 1.85. The molecule has 88 valence electrons. The van der Waals surface area contributed by atoms with Crippen molar-refractivity contribution >= 4 is 34.0 Å². The van der Waals surface area contributed by atoms with Gasteiger partial charge < -0.3 is 5.32 Å². The van der Waals surface area contributed by atoms with Crippen molar-refractivity contribution in [2.75, 3.05) is 5.32 Å². The van der Waals surface area contributed by atoms with Crippen LogP contribution >= 0.6 is 22.9 Å². The van der Waals surface area contributed by atoms with E-state index in [4.69, 9.17) is 11.6 Å². The smallest absolute Gasteiger partial charge is 0.233 e. The molecule has 3 nitrogen and oxygen atoms in total. The summed E-state index contributed by atoms with van der Waals surface area (Å²) < 4.78 is 0. The highest BCUT2D eigenvalue weighted by molar-refractivity contribution is 7.13. The standard InChI is InChI=1S/C12H11ClN2OS/c1-8(9-2-4-10(13)5-3-9)11(16)15-12-14-6-7-17-12/h2-8H,1H3,(H,14,15,16)/t8-/m0/s1. The molecule has 0 bridgehead atoms. The molecule has 1 N–H and O–H groups in total. The third kappa shape index (κ3) is 3.05.